The van der Waals surface area contributed by atoms with E-state index in [0.29, 0.717) is 5.56 Å². The molecule has 10 nitrogen and oxygen atoms in total. The van der Waals surface area contributed by atoms with Gasteiger partial charge >= 0.3 is 0 Å². The summed E-state index contributed by atoms with van der Waals surface area (Å²) in [4.78, 5) is 32.8. The standard InChI is InChI=1S/C12H10N6O4/c13-9-5-10(15-17-11(9)19)12(20)16-14-6-7-2-1-3-8(4-7)18(21)22/h1-6H,(H2,13,15)(H,16,20)(H,17,19). The van der Waals surface area contributed by atoms with E-state index in [1.165, 1.54) is 24.4 Å². The maximum atomic E-state index is 11.7. The molecule has 0 aliphatic heterocycles. The number of aromatic amines is 1. The average molecular weight is 302 g/mol. The van der Waals surface area contributed by atoms with Gasteiger partial charge in [-0.15, -0.1) is 0 Å². The molecule has 0 aliphatic rings. The van der Waals surface area contributed by atoms with Crippen LogP contribution in [0, 0.1) is 10.1 Å². The van der Waals surface area contributed by atoms with E-state index in [-0.39, 0.29) is 17.1 Å². The highest BCUT2D eigenvalue weighted by Gasteiger charge is 2.08. The van der Waals surface area contributed by atoms with Crippen molar-refractivity contribution in [3.63, 3.8) is 0 Å². The highest BCUT2D eigenvalue weighted by molar-refractivity contribution is 5.93. The molecule has 0 atom stereocenters. The third kappa shape index (κ3) is 3.50. The van der Waals surface area contributed by atoms with Gasteiger partial charge in [0.05, 0.1) is 11.1 Å². The van der Waals surface area contributed by atoms with E-state index in [1.807, 2.05) is 0 Å². The molecule has 1 aromatic heterocycles. The number of anilines is 1. The molecule has 0 fully saturated rings. The third-order valence-corrected chi connectivity index (χ3v) is 2.53. The lowest BCUT2D eigenvalue weighted by Crippen LogP contribution is -2.23. The Morgan fingerprint density at radius 3 is 2.91 bits per heavy atom. The molecule has 112 valence electrons. The second kappa shape index (κ2) is 6.26. The van der Waals surface area contributed by atoms with E-state index in [4.69, 9.17) is 5.73 Å². The molecule has 2 rings (SSSR count). The van der Waals surface area contributed by atoms with Crippen LogP contribution in [0.3, 0.4) is 0 Å². The molecule has 22 heavy (non-hydrogen) atoms. The maximum Gasteiger partial charge on any atom is 0.291 e. The minimum Gasteiger partial charge on any atom is -0.394 e. The molecule has 0 spiro atoms. The molecule has 1 aromatic carbocycles. The fraction of sp³-hybridized carbons (Fsp3) is 0. The van der Waals surface area contributed by atoms with Crippen molar-refractivity contribution in [2.75, 3.05) is 5.73 Å². The Labute approximate surface area is 122 Å². The lowest BCUT2D eigenvalue weighted by molar-refractivity contribution is -0.384. The molecular weight excluding hydrogens is 292 g/mol. The van der Waals surface area contributed by atoms with Gasteiger partial charge in [-0.2, -0.15) is 10.2 Å². The zero-order valence-corrected chi connectivity index (χ0v) is 11.0. The van der Waals surface area contributed by atoms with E-state index in [9.17, 15) is 19.7 Å². The maximum absolute atomic E-state index is 11.7. The second-order valence-electron chi connectivity index (χ2n) is 4.09. The van der Waals surface area contributed by atoms with Crippen LogP contribution in [0.5, 0.6) is 0 Å². The minimum absolute atomic E-state index is 0.0923. The van der Waals surface area contributed by atoms with Gasteiger partial charge < -0.3 is 5.73 Å². The smallest absolute Gasteiger partial charge is 0.291 e. The lowest BCUT2D eigenvalue weighted by Gasteiger charge is -1.99. The SMILES string of the molecule is Nc1cc(C(=O)NN=Cc2cccc([N+](=O)[O-])c2)n[nH]c1=O. The van der Waals surface area contributed by atoms with Crippen molar-refractivity contribution in [3.8, 4) is 0 Å². The van der Waals surface area contributed by atoms with Gasteiger partial charge in [-0.05, 0) is 6.07 Å². The van der Waals surface area contributed by atoms with Crippen LogP contribution >= 0.6 is 0 Å². The van der Waals surface area contributed by atoms with Crippen molar-refractivity contribution in [2.45, 2.75) is 0 Å². The zero-order valence-electron chi connectivity index (χ0n) is 11.0. The second-order valence-corrected chi connectivity index (χ2v) is 4.09. The zero-order chi connectivity index (χ0) is 16.1. The van der Waals surface area contributed by atoms with E-state index in [2.05, 4.69) is 20.7 Å². The molecule has 0 unspecified atom stereocenters. The summed E-state index contributed by atoms with van der Waals surface area (Å²) in [5.74, 6) is -0.690. The van der Waals surface area contributed by atoms with Crippen LogP contribution in [0.15, 0.2) is 40.2 Å². The van der Waals surface area contributed by atoms with Crippen LogP contribution in [-0.2, 0) is 0 Å². The molecule has 4 N–H and O–H groups in total. The predicted molar refractivity (Wildman–Crippen MR) is 77.4 cm³/mol. The van der Waals surface area contributed by atoms with Gasteiger partial charge in [0.1, 0.15) is 5.69 Å². The Hall–Kier alpha value is -3.56. The van der Waals surface area contributed by atoms with Gasteiger partial charge in [-0.1, -0.05) is 12.1 Å². The highest BCUT2D eigenvalue weighted by Crippen LogP contribution is 2.11. The summed E-state index contributed by atoms with van der Waals surface area (Å²) in [6.07, 6.45) is 1.24. The summed E-state index contributed by atoms with van der Waals surface area (Å²) in [5.41, 5.74) is 6.99. The minimum atomic E-state index is -0.690. The Bertz CT molecular complexity index is 813. The summed E-state index contributed by atoms with van der Waals surface area (Å²) < 4.78 is 0. The number of nitro groups is 1. The Morgan fingerprint density at radius 2 is 2.23 bits per heavy atom. The van der Waals surface area contributed by atoms with Gasteiger partial charge in [-0.25, -0.2) is 10.5 Å². The van der Waals surface area contributed by atoms with Gasteiger partial charge in [0.2, 0.25) is 0 Å². The number of benzene rings is 1. The molecule has 0 saturated carbocycles. The predicted octanol–water partition coefficient (Wildman–Crippen LogP) is 0.0242. The highest BCUT2D eigenvalue weighted by atomic mass is 16.6. The summed E-state index contributed by atoms with van der Waals surface area (Å²) in [6, 6.07) is 6.82. The molecule has 1 amide bonds. The molecule has 0 radical (unpaired) electrons. The van der Waals surface area contributed by atoms with Crippen molar-refractivity contribution in [1.29, 1.82) is 0 Å². The van der Waals surface area contributed by atoms with E-state index in [0.717, 1.165) is 6.07 Å². The number of carbonyl (C=O) groups is 1. The van der Waals surface area contributed by atoms with Crippen LogP contribution in [0.1, 0.15) is 16.1 Å². The number of nitrogen functional groups attached to an aromatic ring is 1. The first kappa shape index (κ1) is 14.8. The van der Waals surface area contributed by atoms with Crippen LogP contribution in [0.4, 0.5) is 11.4 Å². The van der Waals surface area contributed by atoms with Crippen LogP contribution in [0.2, 0.25) is 0 Å². The summed E-state index contributed by atoms with van der Waals surface area (Å²) in [6.45, 7) is 0. The number of non-ortho nitro benzene ring substituents is 1. The first-order valence-electron chi connectivity index (χ1n) is 5.90. The van der Waals surface area contributed by atoms with Crippen molar-refractivity contribution in [2.24, 2.45) is 5.10 Å². The number of amides is 1. The largest absolute Gasteiger partial charge is 0.394 e. The molecule has 10 heteroatoms. The van der Waals surface area contributed by atoms with E-state index in [1.54, 1.807) is 6.07 Å². The molecule has 2 aromatic rings. The number of rotatable bonds is 4. The van der Waals surface area contributed by atoms with Crippen molar-refractivity contribution in [3.05, 3.63) is 62.1 Å². The summed E-state index contributed by atoms with van der Waals surface area (Å²) in [5, 5.41) is 19.8. The Kier molecular flexibility index (Phi) is 4.22. The number of nitrogens with zero attached hydrogens (tertiary/aromatic N) is 3. The summed E-state index contributed by atoms with van der Waals surface area (Å²) in [7, 11) is 0. The quantitative estimate of drug-likeness (QED) is 0.410. The fourth-order valence-electron chi connectivity index (χ4n) is 1.48. The lowest BCUT2D eigenvalue weighted by atomic mass is 10.2. The topological polar surface area (TPSA) is 156 Å². The number of hydrazone groups is 1. The third-order valence-electron chi connectivity index (χ3n) is 2.53. The Morgan fingerprint density at radius 1 is 1.45 bits per heavy atom. The van der Waals surface area contributed by atoms with Crippen molar-refractivity contribution >= 4 is 23.5 Å². The van der Waals surface area contributed by atoms with Gasteiger partial charge in [0.25, 0.3) is 17.2 Å². The van der Waals surface area contributed by atoms with Crippen LogP contribution in [-0.4, -0.2) is 27.2 Å². The first-order chi connectivity index (χ1) is 10.5. The number of nitrogens with one attached hydrogen (secondary N) is 2. The van der Waals surface area contributed by atoms with Crippen LogP contribution in [0.25, 0.3) is 0 Å². The molecule has 0 saturated heterocycles. The number of carbonyl (C=O) groups excluding carboxylic acids is 1. The van der Waals surface area contributed by atoms with Gasteiger partial charge in [-0.3, -0.25) is 19.7 Å². The van der Waals surface area contributed by atoms with Crippen LogP contribution < -0.4 is 16.7 Å². The number of nitrogens with two attached hydrogens (primary N) is 1. The van der Waals surface area contributed by atoms with Gasteiger partial charge in [0, 0.05) is 17.7 Å². The number of aromatic nitrogens is 2. The van der Waals surface area contributed by atoms with Crippen molar-refractivity contribution in [1.82, 2.24) is 15.6 Å². The average Bonchev–Trinajstić information content (AvgIpc) is 2.50. The summed E-state index contributed by atoms with van der Waals surface area (Å²) >= 11 is 0. The molecule has 0 bridgehead atoms. The fourth-order valence-corrected chi connectivity index (χ4v) is 1.48. The van der Waals surface area contributed by atoms with Gasteiger partial charge in [0.15, 0.2) is 5.69 Å². The number of H-pyrrole nitrogens is 1. The first-order valence-corrected chi connectivity index (χ1v) is 5.90. The molecular formula is C12H10N6O4. The number of nitro benzene ring substituents is 1. The molecule has 0 aliphatic carbocycles. The van der Waals surface area contributed by atoms with E-state index >= 15 is 0 Å². The normalized spacial score (nSPS) is 10.5. The number of hydrogen-bond donors (Lipinski definition) is 3. The van der Waals surface area contributed by atoms with E-state index < -0.39 is 16.4 Å². The Balaban J connectivity index is 2.07. The van der Waals surface area contributed by atoms with Crippen molar-refractivity contribution < 1.29 is 9.72 Å². The monoisotopic (exact) mass is 302 g/mol. The molecule has 1 heterocycles. The number of hydrogen-bond acceptors (Lipinski definition) is 7.